The molecule has 0 spiro atoms. The molecule has 0 aliphatic rings. The minimum Gasteiger partial charge on any atom is -0.497 e. The maximum Gasteiger partial charge on any atom is 0.120 e. The maximum absolute atomic E-state index is 9.23. The van der Waals surface area contributed by atoms with Crippen LogP contribution >= 0.6 is 0 Å². The number of methoxy groups -OCH3 is 1. The quantitative estimate of drug-likeness (QED) is 0.638. The van der Waals surface area contributed by atoms with Crippen molar-refractivity contribution in [3.05, 3.63) is 24.3 Å². The molecule has 14 heavy (non-hydrogen) atoms. The number of hydrogen-bond acceptors (Lipinski definition) is 4. The summed E-state index contributed by atoms with van der Waals surface area (Å²) < 4.78 is 5.06. The third-order valence-corrected chi connectivity index (χ3v) is 1.88. The van der Waals surface area contributed by atoms with Gasteiger partial charge >= 0.3 is 0 Å². The third kappa shape index (κ3) is 3.24. The van der Waals surface area contributed by atoms with E-state index in [1.807, 2.05) is 24.3 Å². The molecule has 0 saturated heterocycles. The average molecular weight is 196 g/mol. The Bertz CT molecular complexity index is 279. The topological polar surface area (TPSA) is 67.5 Å². The van der Waals surface area contributed by atoms with Crippen molar-refractivity contribution < 1.29 is 9.84 Å². The van der Waals surface area contributed by atoms with Crippen molar-refractivity contribution in [2.24, 2.45) is 5.73 Å². The van der Waals surface area contributed by atoms with E-state index in [9.17, 15) is 5.11 Å². The molecule has 4 nitrogen and oxygen atoms in total. The van der Waals surface area contributed by atoms with Crippen molar-refractivity contribution in [1.29, 1.82) is 0 Å². The number of benzene rings is 1. The van der Waals surface area contributed by atoms with Gasteiger partial charge in [-0.25, -0.2) is 0 Å². The zero-order valence-corrected chi connectivity index (χ0v) is 8.23. The van der Waals surface area contributed by atoms with E-state index in [1.165, 1.54) is 0 Å². The number of hydrogen-bond donors (Lipinski definition) is 3. The van der Waals surface area contributed by atoms with Crippen molar-refractivity contribution in [3.63, 3.8) is 0 Å². The van der Waals surface area contributed by atoms with Crippen LogP contribution in [0.25, 0.3) is 0 Å². The molecule has 0 aliphatic carbocycles. The molecule has 0 aliphatic heterocycles. The number of aliphatic hydroxyl groups is 1. The zero-order chi connectivity index (χ0) is 10.4. The first-order valence-corrected chi connectivity index (χ1v) is 4.52. The summed E-state index contributed by atoms with van der Waals surface area (Å²) in [6.07, 6.45) is -0.513. The molecule has 1 aromatic carbocycles. The zero-order valence-electron chi connectivity index (χ0n) is 8.23. The Hall–Kier alpha value is -1.26. The summed E-state index contributed by atoms with van der Waals surface area (Å²) in [4.78, 5) is 0. The fourth-order valence-corrected chi connectivity index (χ4v) is 1.05. The Labute approximate surface area is 83.7 Å². The minimum absolute atomic E-state index is 0.261. The molecule has 1 unspecified atom stereocenters. The van der Waals surface area contributed by atoms with Crippen molar-refractivity contribution in [2.75, 3.05) is 25.5 Å². The van der Waals surface area contributed by atoms with Gasteiger partial charge in [0.2, 0.25) is 0 Å². The second-order valence-corrected chi connectivity index (χ2v) is 3.00. The van der Waals surface area contributed by atoms with E-state index in [1.54, 1.807) is 7.11 Å². The number of nitrogens with two attached hydrogens (primary N) is 1. The van der Waals surface area contributed by atoms with Gasteiger partial charge < -0.3 is 20.9 Å². The summed E-state index contributed by atoms with van der Waals surface area (Å²) in [5.74, 6) is 0.789. The molecular formula is C10H16N2O2. The standard InChI is InChI=1S/C10H16N2O2/c1-14-10-4-2-3-8(5-10)12-7-9(13)6-11/h2-5,9,12-13H,6-7,11H2,1H3. The monoisotopic (exact) mass is 196 g/mol. The second-order valence-electron chi connectivity index (χ2n) is 3.00. The third-order valence-electron chi connectivity index (χ3n) is 1.88. The van der Waals surface area contributed by atoms with Crippen LogP contribution in [0.1, 0.15) is 0 Å². The predicted molar refractivity (Wildman–Crippen MR) is 56.5 cm³/mol. The highest BCUT2D eigenvalue weighted by Gasteiger charge is 2.00. The van der Waals surface area contributed by atoms with Crippen LogP contribution in [0.5, 0.6) is 5.75 Å². The molecule has 1 atom stereocenters. The van der Waals surface area contributed by atoms with Gasteiger partial charge in [-0.15, -0.1) is 0 Å². The Morgan fingerprint density at radius 1 is 1.57 bits per heavy atom. The fourth-order valence-electron chi connectivity index (χ4n) is 1.05. The lowest BCUT2D eigenvalue weighted by Crippen LogP contribution is -2.27. The molecule has 4 heteroatoms. The Morgan fingerprint density at radius 2 is 2.36 bits per heavy atom. The summed E-state index contributed by atoms with van der Waals surface area (Å²) in [6.45, 7) is 0.709. The van der Waals surface area contributed by atoms with Crippen molar-refractivity contribution in [3.8, 4) is 5.75 Å². The van der Waals surface area contributed by atoms with Crippen LogP contribution in [0.3, 0.4) is 0 Å². The Morgan fingerprint density at radius 3 is 3.00 bits per heavy atom. The van der Waals surface area contributed by atoms with E-state index in [0.29, 0.717) is 6.54 Å². The highest BCUT2D eigenvalue weighted by atomic mass is 16.5. The van der Waals surface area contributed by atoms with E-state index >= 15 is 0 Å². The van der Waals surface area contributed by atoms with Gasteiger partial charge in [0.05, 0.1) is 13.2 Å². The van der Waals surface area contributed by atoms with E-state index in [0.717, 1.165) is 11.4 Å². The molecule has 0 bridgehead atoms. The summed E-state index contributed by atoms with van der Waals surface area (Å²) in [5.41, 5.74) is 6.19. The number of rotatable bonds is 5. The molecule has 4 N–H and O–H groups in total. The number of ether oxygens (including phenoxy) is 1. The Kier molecular flexibility index (Phi) is 4.22. The molecule has 0 amide bonds. The van der Waals surface area contributed by atoms with Gasteiger partial charge in [0, 0.05) is 24.8 Å². The maximum atomic E-state index is 9.23. The normalized spacial score (nSPS) is 12.2. The van der Waals surface area contributed by atoms with Crippen LogP contribution in [0.2, 0.25) is 0 Å². The number of nitrogens with one attached hydrogen (secondary N) is 1. The lowest BCUT2D eigenvalue weighted by Gasteiger charge is -2.11. The van der Waals surface area contributed by atoms with Crippen LogP contribution in [0.4, 0.5) is 5.69 Å². The number of anilines is 1. The van der Waals surface area contributed by atoms with E-state index < -0.39 is 6.10 Å². The van der Waals surface area contributed by atoms with Crippen LogP contribution in [0.15, 0.2) is 24.3 Å². The molecule has 0 radical (unpaired) electrons. The van der Waals surface area contributed by atoms with Crippen LogP contribution in [-0.4, -0.2) is 31.4 Å². The first kappa shape index (κ1) is 10.8. The van der Waals surface area contributed by atoms with Gasteiger partial charge in [0.1, 0.15) is 5.75 Å². The first-order valence-electron chi connectivity index (χ1n) is 4.52. The highest BCUT2D eigenvalue weighted by molar-refractivity contribution is 5.48. The summed E-state index contributed by atoms with van der Waals surface area (Å²) in [5, 5.41) is 12.3. The lowest BCUT2D eigenvalue weighted by molar-refractivity contribution is 0.196. The predicted octanol–water partition coefficient (Wildman–Crippen LogP) is 0.427. The molecule has 78 valence electrons. The van der Waals surface area contributed by atoms with Crippen molar-refractivity contribution in [2.45, 2.75) is 6.10 Å². The van der Waals surface area contributed by atoms with Crippen LogP contribution in [0, 0.1) is 0 Å². The molecule has 0 saturated carbocycles. The Balaban J connectivity index is 2.50. The molecular weight excluding hydrogens is 180 g/mol. The lowest BCUT2D eigenvalue weighted by atomic mass is 10.3. The van der Waals surface area contributed by atoms with Gasteiger partial charge in [-0.3, -0.25) is 0 Å². The summed E-state index contributed by atoms with van der Waals surface area (Å²) >= 11 is 0. The molecule has 0 aromatic heterocycles. The van der Waals surface area contributed by atoms with Crippen LogP contribution < -0.4 is 15.8 Å². The van der Waals surface area contributed by atoms with E-state index in [4.69, 9.17) is 10.5 Å². The van der Waals surface area contributed by atoms with E-state index in [-0.39, 0.29) is 6.54 Å². The van der Waals surface area contributed by atoms with Crippen LogP contribution in [-0.2, 0) is 0 Å². The van der Waals surface area contributed by atoms with Crippen molar-refractivity contribution in [1.82, 2.24) is 0 Å². The molecule has 0 heterocycles. The summed E-state index contributed by atoms with van der Waals surface area (Å²) in [7, 11) is 1.62. The first-order chi connectivity index (χ1) is 6.76. The van der Waals surface area contributed by atoms with Gasteiger partial charge in [0.15, 0.2) is 0 Å². The highest BCUT2D eigenvalue weighted by Crippen LogP contribution is 2.16. The van der Waals surface area contributed by atoms with E-state index in [2.05, 4.69) is 5.32 Å². The molecule has 1 rings (SSSR count). The van der Waals surface area contributed by atoms with Crippen molar-refractivity contribution >= 4 is 5.69 Å². The molecule has 0 fully saturated rings. The van der Waals surface area contributed by atoms with Gasteiger partial charge in [0.25, 0.3) is 0 Å². The van der Waals surface area contributed by atoms with Gasteiger partial charge in [-0.05, 0) is 12.1 Å². The fraction of sp³-hybridized carbons (Fsp3) is 0.400. The largest absolute Gasteiger partial charge is 0.497 e. The second kappa shape index (κ2) is 5.47. The minimum atomic E-state index is -0.513. The summed E-state index contributed by atoms with van der Waals surface area (Å²) in [6, 6.07) is 7.52. The van der Waals surface area contributed by atoms with Gasteiger partial charge in [-0.2, -0.15) is 0 Å². The average Bonchev–Trinajstić information content (AvgIpc) is 2.26. The SMILES string of the molecule is COc1cccc(NCC(O)CN)c1. The molecule has 1 aromatic rings. The smallest absolute Gasteiger partial charge is 0.120 e. The van der Waals surface area contributed by atoms with Gasteiger partial charge in [-0.1, -0.05) is 6.07 Å². The number of aliphatic hydroxyl groups excluding tert-OH is 1.